The highest BCUT2D eigenvalue weighted by Gasteiger charge is 2.42. The molecule has 3 aromatic rings. The Bertz CT molecular complexity index is 1170. The molecule has 168 valence electrons. The fourth-order valence-corrected chi connectivity index (χ4v) is 3.93. The second kappa shape index (κ2) is 9.69. The summed E-state index contributed by atoms with van der Waals surface area (Å²) in [6.45, 7) is 5.38. The van der Waals surface area contributed by atoms with Gasteiger partial charge in [0.1, 0.15) is 17.3 Å². The second-order valence-electron chi connectivity index (χ2n) is 7.60. The van der Waals surface area contributed by atoms with Gasteiger partial charge in [0.25, 0.3) is 11.8 Å². The maximum absolute atomic E-state index is 13.6. The summed E-state index contributed by atoms with van der Waals surface area (Å²) in [7, 11) is 0. The van der Waals surface area contributed by atoms with Gasteiger partial charge in [-0.25, -0.2) is 9.29 Å². The summed E-state index contributed by atoms with van der Waals surface area (Å²) in [4.78, 5) is 30.3. The number of nitrogens with zero attached hydrogens (tertiary/aromatic N) is 2. The Morgan fingerprint density at radius 2 is 1.52 bits per heavy atom. The molecule has 0 saturated heterocycles. The Hall–Kier alpha value is -3.93. The number of rotatable bonds is 8. The van der Waals surface area contributed by atoms with Crippen molar-refractivity contribution >= 4 is 23.1 Å². The highest BCUT2D eigenvalue weighted by molar-refractivity contribution is 6.45. The SMILES string of the molecule is CCOc1ccc(C2=C(N(CC)Cc3ccccc3)C(=O)N(c3ccc(F)cc3)C2=O)cc1. The average Bonchev–Trinajstić information content (AvgIpc) is 3.09. The summed E-state index contributed by atoms with van der Waals surface area (Å²) < 4.78 is 19.0. The molecule has 2 amide bonds. The van der Waals surface area contributed by atoms with Crippen molar-refractivity contribution in [3.05, 3.63) is 102 Å². The Kier molecular flexibility index (Phi) is 6.54. The number of ether oxygens (including phenoxy) is 1. The zero-order chi connectivity index (χ0) is 23.4. The van der Waals surface area contributed by atoms with Crippen LogP contribution in [0, 0.1) is 5.82 Å². The minimum absolute atomic E-state index is 0.324. The van der Waals surface area contributed by atoms with Crippen LogP contribution in [0.15, 0.2) is 84.6 Å². The van der Waals surface area contributed by atoms with E-state index < -0.39 is 17.6 Å². The molecule has 4 rings (SSSR count). The molecule has 0 radical (unpaired) electrons. The predicted molar refractivity (Wildman–Crippen MR) is 126 cm³/mol. The fourth-order valence-electron chi connectivity index (χ4n) is 3.93. The molecule has 0 aromatic heterocycles. The number of carbonyl (C=O) groups excluding carboxylic acids is 2. The van der Waals surface area contributed by atoms with Gasteiger partial charge in [0.2, 0.25) is 0 Å². The largest absolute Gasteiger partial charge is 0.494 e. The molecule has 6 heteroatoms. The van der Waals surface area contributed by atoms with Gasteiger partial charge in [-0.3, -0.25) is 9.59 Å². The van der Waals surface area contributed by atoms with Gasteiger partial charge in [-0.2, -0.15) is 0 Å². The van der Waals surface area contributed by atoms with Crippen LogP contribution < -0.4 is 9.64 Å². The van der Waals surface area contributed by atoms with Crippen LogP contribution in [0.3, 0.4) is 0 Å². The molecule has 33 heavy (non-hydrogen) atoms. The van der Waals surface area contributed by atoms with E-state index in [1.165, 1.54) is 24.3 Å². The van der Waals surface area contributed by atoms with Crippen LogP contribution in [0.1, 0.15) is 25.0 Å². The monoisotopic (exact) mass is 444 g/mol. The molecular formula is C27H25FN2O3. The van der Waals surface area contributed by atoms with Crippen LogP contribution >= 0.6 is 0 Å². The van der Waals surface area contributed by atoms with Gasteiger partial charge in [-0.1, -0.05) is 42.5 Å². The number of hydrogen-bond donors (Lipinski definition) is 0. The third-order valence-electron chi connectivity index (χ3n) is 5.51. The van der Waals surface area contributed by atoms with Crippen LogP contribution in [-0.2, 0) is 16.1 Å². The summed E-state index contributed by atoms with van der Waals surface area (Å²) in [6, 6.07) is 22.3. The molecule has 1 aliphatic rings. The van der Waals surface area contributed by atoms with E-state index in [2.05, 4.69) is 0 Å². The quantitative estimate of drug-likeness (QED) is 0.457. The first kappa shape index (κ1) is 22.3. The molecule has 0 fully saturated rings. The number of carbonyl (C=O) groups is 2. The van der Waals surface area contributed by atoms with Crippen LogP contribution in [0.5, 0.6) is 5.75 Å². The molecule has 0 spiro atoms. The van der Waals surface area contributed by atoms with E-state index in [-0.39, 0.29) is 0 Å². The summed E-state index contributed by atoms with van der Waals surface area (Å²) in [5, 5.41) is 0. The van der Waals surface area contributed by atoms with Crippen molar-refractivity contribution in [3.8, 4) is 5.75 Å². The van der Waals surface area contributed by atoms with Crippen LogP contribution in [0.2, 0.25) is 0 Å². The molecule has 1 aliphatic heterocycles. The number of benzene rings is 3. The van der Waals surface area contributed by atoms with Crippen molar-refractivity contribution in [2.75, 3.05) is 18.1 Å². The van der Waals surface area contributed by atoms with E-state index in [0.29, 0.717) is 48.0 Å². The lowest BCUT2D eigenvalue weighted by molar-refractivity contribution is -0.120. The van der Waals surface area contributed by atoms with Gasteiger partial charge < -0.3 is 9.64 Å². The number of hydrogen-bond acceptors (Lipinski definition) is 4. The van der Waals surface area contributed by atoms with E-state index in [0.717, 1.165) is 10.5 Å². The lowest BCUT2D eigenvalue weighted by Gasteiger charge is -2.25. The number of anilines is 1. The van der Waals surface area contributed by atoms with Crippen molar-refractivity contribution in [2.45, 2.75) is 20.4 Å². The van der Waals surface area contributed by atoms with E-state index in [1.807, 2.05) is 49.1 Å². The third-order valence-corrected chi connectivity index (χ3v) is 5.51. The van der Waals surface area contributed by atoms with Gasteiger partial charge in [-0.05, 0) is 61.4 Å². The molecule has 0 atom stereocenters. The lowest BCUT2D eigenvalue weighted by Crippen LogP contribution is -2.35. The minimum atomic E-state index is -0.433. The number of amides is 2. The zero-order valence-electron chi connectivity index (χ0n) is 18.6. The molecule has 0 aliphatic carbocycles. The van der Waals surface area contributed by atoms with E-state index in [1.54, 1.807) is 24.3 Å². The van der Waals surface area contributed by atoms with Gasteiger partial charge in [0.05, 0.1) is 17.9 Å². The Balaban J connectivity index is 1.80. The third kappa shape index (κ3) is 4.51. The zero-order valence-corrected chi connectivity index (χ0v) is 18.6. The average molecular weight is 445 g/mol. The van der Waals surface area contributed by atoms with Crippen molar-refractivity contribution in [1.29, 1.82) is 0 Å². The summed E-state index contributed by atoms with van der Waals surface area (Å²) in [5.74, 6) is -0.602. The first-order valence-electron chi connectivity index (χ1n) is 10.9. The molecule has 3 aromatic carbocycles. The highest BCUT2D eigenvalue weighted by Crippen LogP contribution is 2.36. The van der Waals surface area contributed by atoms with Crippen molar-refractivity contribution < 1.29 is 18.7 Å². The summed E-state index contributed by atoms with van der Waals surface area (Å²) >= 11 is 0. The maximum atomic E-state index is 13.6. The van der Waals surface area contributed by atoms with Crippen molar-refractivity contribution in [3.63, 3.8) is 0 Å². The number of imide groups is 1. The standard InChI is InChI=1S/C27H25FN2O3/c1-3-29(18-19-8-6-5-7-9-19)25-24(20-10-16-23(17-11-20)33-4-2)26(31)30(27(25)32)22-14-12-21(28)13-15-22/h5-17H,3-4,18H2,1-2H3. The summed E-state index contributed by atoms with van der Waals surface area (Å²) in [5.41, 5.74) is 2.65. The first-order valence-corrected chi connectivity index (χ1v) is 10.9. The molecule has 0 N–H and O–H groups in total. The molecule has 0 saturated carbocycles. The van der Waals surface area contributed by atoms with Crippen molar-refractivity contribution in [1.82, 2.24) is 4.90 Å². The van der Waals surface area contributed by atoms with Gasteiger partial charge in [0, 0.05) is 13.1 Å². The van der Waals surface area contributed by atoms with Crippen molar-refractivity contribution in [2.24, 2.45) is 0 Å². The molecule has 1 heterocycles. The van der Waals surface area contributed by atoms with E-state index in [9.17, 15) is 14.0 Å². The maximum Gasteiger partial charge on any atom is 0.282 e. The van der Waals surface area contributed by atoms with Gasteiger partial charge in [0.15, 0.2) is 0 Å². The lowest BCUT2D eigenvalue weighted by atomic mass is 10.0. The smallest absolute Gasteiger partial charge is 0.282 e. The highest BCUT2D eigenvalue weighted by atomic mass is 19.1. The molecule has 5 nitrogen and oxygen atoms in total. The van der Waals surface area contributed by atoms with Crippen LogP contribution in [0.25, 0.3) is 5.57 Å². The predicted octanol–water partition coefficient (Wildman–Crippen LogP) is 5.03. The Labute approximate surface area is 192 Å². The topological polar surface area (TPSA) is 49.9 Å². The normalized spacial score (nSPS) is 13.6. The first-order chi connectivity index (χ1) is 16.0. The van der Waals surface area contributed by atoms with Crippen LogP contribution in [-0.4, -0.2) is 29.9 Å². The number of halogens is 1. The van der Waals surface area contributed by atoms with Gasteiger partial charge >= 0.3 is 0 Å². The Morgan fingerprint density at radius 3 is 2.12 bits per heavy atom. The second-order valence-corrected chi connectivity index (χ2v) is 7.60. The van der Waals surface area contributed by atoms with Gasteiger partial charge in [-0.15, -0.1) is 0 Å². The molecule has 0 unspecified atom stereocenters. The fraction of sp³-hybridized carbons (Fsp3) is 0.185. The number of likely N-dealkylation sites (N-methyl/N-ethyl adjacent to an activating group) is 1. The summed E-state index contributed by atoms with van der Waals surface area (Å²) in [6.07, 6.45) is 0. The molecule has 0 bridgehead atoms. The van der Waals surface area contributed by atoms with Crippen LogP contribution in [0.4, 0.5) is 10.1 Å². The minimum Gasteiger partial charge on any atom is -0.494 e. The van der Waals surface area contributed by atoms with E-state index >= 15 is 0 Å². The molecular weight excluding hydrogens is 419 g/mol. The Morgan fingerprint density at radius 1 is 0.848 bits per heavy atom. The van der Waals surface area contributed by atoms with E-state index in [4.69, 9.17) is 4.74 Å².